The van der Waals surface area contributed by atoms with Crippen molar-refractivity contribution in [2.45, 2.75) is 44.9 Å². The van der Waals surface area contributed by atoms with Gasteiger partial charge in [-0.3, -0.25) is 4.79 Å². The van der Waals surface area contributed by atoms with Crippen molar-refractivity contribution in [3.8, 4) is 5.75 Å². The van der Waals surface area contributed by atoms with Crippen LogP contribution in [0.25, 0.3) is 16.5 Å². The van der Waals surface area contributed by atoms with E-state index < -0.39 is 0 Å². The molecule has 0 amide bonds. The smallest absolute Gasteiger partial charge is 0.159 e. The van der Waals surface area contributed by atoms with Gasteiger partial charge in [0.15, 0.2) is 5.78 Å². The highest BCUT2D eigenvalue weighted by Gasteiger charge is 2.31. The molecule has 0 saturated heterocycles. The summed E-state index contributed by atoms with van der Waals surface area (Å²) in [5.41, 5.74) is 4.33. The summed E-state index contributed by atoms with van der Waals surface area (Å²) in [6.45, 7) is 2.20. The number of ketones is 1. The van der Waals surface area contributed by atoms with Gasteiger partial charge < -0.3 is 9.15 Å². The number of allylic oxidation sites excluding steroid dienone is 2. The quantitative estimate of drug-likeness (QED) is 0.755. The molecule has 0 unspecified atom stereocenters. The summed E-state index contributed by atoms with van der Waals surface area (Å²) in [5, 5.41) is 1.09. The van der Waals surface area contributed by atoms with Gasteiger partial charge in [-0.15, -0.1) is 0 Å². The second-order valence-corrected chi connectivity index (χ2v) is 6.38. The summed E-state index contributed by atoms with van der Waals surface area (Å²) in [7, 11) is 1.68. The SMILES string of the molecule is COc1ccc2oc3c(c2c1)C1=C(CC[C@@H]3C)C(=O)CCC1. The number of ether oxygens (including phenoxy) is 1. The zero-order chi connectivity index (χ0) is 15.3. The molecule has 1 aromatic carbocycles. The number of methoxy groups -OCH3 is 1. The molecule has 2 aliphatic carbocycles. The van der Waals surface area contributed by atoms with E-state index in [2.05, 4.69) is 6.92 Å². The molecule has 0 spiro atoms. The first kappa shape index (κ1) is 13.6. The van der Waals surface area contributed by atoms with Crippen LogP contribution in [-0.2, 0) is 4.79 Å². The van der Waals surface area contributed by atoms with E-state index in [-0.39, 0.29) is 0 Å². The molecule has 114 valence electrons. The predicted octanol–water partition coefficient (Wildman–Crippen LogP) is 4.85. The molecule has 2 aromatic rings. The first-order chi connectivity index (χ1) is 10.7. The van der Waals surface area contributed by atoms with Crippen molar-refractivity contribution in [3.05, 3.63) is 35.1 Å². The molecular weight excluding hydrogens is 276 g/mol. The van der Waals surface area contributed by atoms with Gasteiger partial charge in [0.1, 0.15) is 17.1 Å². The molecule has 0 fully saturated rings. The number of carbonyl (C=O) groups excluding carboxylic acids is 1. The van der Waals surface area contributed by atoms with Crippen LogP contribution >= 0.6 is 0 Å². The van der Waals surface area contributed by atoms with Crippen LogP contribution in [0.15, 0.2) is 28.2 Å². The molecule has 4 rings (SSSR count). The lowest BCUT2D eigenvalue weighted by Gasteiger charge is -2.17. The Morgan fingerprint density at radius 3 is 2.86 bits per heavy atom. The zero-order valence-corrected chi connectivity index (χ0v) is 13.1. The van der Waals surface area contributed by atoms with Crippen molar-refractivity contribution >= 4 is 22.3 Å². The minimum atomic E-state index is 0.332. The maximum Gasteiger partial charge on any atom is 0.159 e. The Morgan fingerprint density at radius 1 is 1.18 bits per heavy atom. The lowest BCUT2D eigenvalue weighted by Crippen LogP contribution is -2.10. The third kappa shape index (κ3) is 1.92. The van der Waals surface area contributed by atoms with Gasteiger partial charge in [0.25, 0.3) is 0 Å². The van der Waals surface area contributed by atoms with Crippen LogP contribution < -0.4 is 4.74 Å². The maximum atomic E-state index is 12.4. The van der Waals surface area contributed by atoms with E-state index in [0.717, 1.165) is 53.7 Å². The molecule has 1 heterocycles. The molecular formula is C19H20O3. The lowest BCUT2D eigenvalue weighted by atomic mass is 9.85. The summed E-state index contributed by atoms with van der Waals surface area (Å²) < 4.78 is 11.5. The molecule has 22 heavy (non-hydrogen) atoms. The van der Waals surface area contributed by atoms with Gasteiger partial charge in [-0.1, -0.05) is 6.92 Å². The zero-order valence-electron chi connectivity index (χ0n) is 13.1. The molecule has 0 radical (unpaired) electrons. The van der Waals surface area contributed by atoms with Crippen molar-refractivity contribution in [2.24, 2.45) is 0 Å². The van der Waals surface area contributed by atoms with Crippen LogP contribution in [0.1, 0.15) is 56.3 Å². The van der Waals surface area contributed by atoms with Crippen molar-refractivity contribution in [2.75, 3.05) is 7.11 Å². The Labute approximate surface area is 129 Å². The molecule has 0 N–H and O–H groups in total. The average molecular weight is 296 g/mol. The van der Waals surface area contributed by atoms with Crippen LogP contribution in [0.4, 0.5) is 0 Å². The largest absolute Gasteiger partial charge is 0.497 e. The van der Waals surface area contributed by atoms with Gasteiger partial charge in [0, 0.05) is 23.3 Å². The second-order valence-electron chi connectivity index (χ2n) is 6.38. The van der Waals surface area contributed by atoms with E-state index in [1.54, 1.807) is 7.11 Å². The molecule has 3 heteroatoms. The monoisotopic (exact) mass is 296 g/mol. The van der Waals surface area contributed by atoms with E-state index >= 15 is 0 Å². The number of fused-ring (bicyclic) bond motifs is 4. The highest BCUT2D eigenvalue weighted by Crippen LogP contribution is 2.46. The Morgan fingerprint density at radius 2 is 2.05 bits per heavy atom. The van der Waals surface area contributed by atoms with E-state index in [1.807, 2.05) is 18.2 Å². The van der Waals surface area contributed by atoms with Crippen molar-refractivity contribution < 1.29 is 13.9 Å². The van der Waals surface area contributed by atoms with Crippen molar-refractivity contribution in [1.82, 2.24) is 0 Å². The minimum absolute atomic E-state index is 0.332. The molecule has 0 aliphatic heterocycles. The average Bonchev–Trinajstić information content (AvgIpc) is 2.84. The first-order valence-corrected chi connectivity index (χ1v) is 8.05. The van der Waals surface area contributed by atoms with Gasteiger partial charge in [-0.25, -0.2) is 0 Å². The third-order valence-electron chi connectivity index (χ3n) is 5.03. The molecule has 2 aliphatic rings. The van der Waals surface area contributed by atoms with Crippen LogP contribution in [0, 0.1) is 0 Å². The summed E-state index contributed by atoms with van der Waals surface area (Å²) in [5.74, 6) is 2.55. The minimum Gasteiger partial charge on any atom is -0.497 e. The summed E-state index contributed by atoms with van der Waals surface area (Å²) in [4.78, 5) is 12.4. The van der Waals surface area contributed by atoms with Crippen molar-refractivity contribution in [1.29, 1.82) is 0 Å². The number of hydrogen-bond donors (Lipinski definition) is 0. The highest BCUT2D eigenvalue weighted by atomic mass is 16.5. The van der Waals surface area contributed by atoms with Gasteiger partial charge >= 0.3 is 0 Å². The molecule has 1 atom stereocenters. The van der Waals surface area contributed by atoms with E-state index in [0.29, 0.717) is 18.1 Å². The van der Waals surface area contributed by atoms with Gasteiger partial charge in [0.2, 0.25) is 0 Å². The van der Waals surface area contributed by atoms with E-state index in [1.165, 1.54) is 11.1 Å². The van der Waals surface area contributed by atoms with Gasteiger partial charge in [-0.2, -0.15) is 0 Å². The van der Waals surface area contributed by atoms with Crippen LogP contribution in [0.5, 0.6) is 5.75 Å². The number of Topliss-reactive ketones (excluding diaryl/α,β-unsaturated/α-hetero) is 1. The Bertz CT molecular complexity index is 794. The maximum absolute atomic E-state index is 12.4. The lowest BCUT2D eigenvalue weighted by molar-refractivity contribution is -0.116. The fourth-order valence-corrected chi connectivity index (χ4v) is 3.83. The van der Waals surface area contributed by atoms with Gasteiger partial charge in [-0.05, 0) is 55.0 Å². The number of furan rings is 1. The highest BCUT2D eigenvalue weighted by molar-refractivity contribution is 6.07. The Kier molecular flexibility index (Phi) is 3.10. The van der Waals surface area contributed by atoms with E-state index in [9.17, 15) is 4.79 Å². The van der Waals surface area contributed by atoms with Crippen LogP contribution in [0.3, 0.4) is 0 Å². The predicted molar refractivity (Wildman–Crippen MR) is 86.2 cm³/mol. The standard InChI is InChI=1S/C19H20O3/c1-11-6-8-13-14(4-3-5-16(13)20)18-15-10-12(21-2)7-9-17(15)22-19(11)18/h7,9-11H,3-6,8H2,1-2H3/t11-/m0/s1. The number of carbonyl (C=O) groups is 1. The van der Waals surface area contributed by atoms with Crippen LogP contribution in [-0.4, -0.2) is 12.9 Å². The first-order valence-electron chi connectivity index (χ1n) is 8.05. The summed E-state index contributed by atoms with van der Waals surface area (Å²) in [6.07, 6.45) is 4.48. The molecule has 1 aromatic heterocycles. The molecule has 0 bridgehead atoms. The Hall–Kier alpha value is -2.03. The molecule has 0 saturated carbocycles. The van der Waals surface area contributed by atoms with E-state index in [4.69, 9.17) is 9.15 Å². The fourth-order valence-electron chi connectivity index (χ4n) is 3.83. The molecule has 3 nitrogen and oxygen atoms in total. The van der Waals surface area contributed by atoms with Crippen LogP contribution in [0.2, 0.25) is 0 Å². The number of hydrogen-bond acceptors (Lipinski definition) is 3. The van der Waals surface area contributed by atoms with Crippen molar-refractivity contribution in [3.63, 3.8) is 0 Å². The third-order valence-corrected chi connectivity index (χ3v) is 5.03. The second kappa shape index (κ2) is 5.01. The number of rotatable bonds is 1. The summed E-state index contributed by atoms with van der Waals surface area (Å²) in [6, 6.07) is 5.94. The fraction of sp³-hybridized carbons (Fsp3) is 0.421. The number of benzene rings is 1. The topological polar surface area (TPSA) is 39.4 Å². The Balaban J connectivity index is 2.04. The normalized spacial score (nSPS) is 21.5. The summed E-state index contributed by atoms with van der Waals surface area (Å²) >= 11 is 0. The van der Waals surface area contributed by atoms with Gasteiger partial charge in [0.05, 0.1) is 7.11 Å².